The number of carboxylic acids is 1. The summed E-state index contributed by atoms with van der Waals surface area (Å²) >= 11 is 2.10. The maximum Gasteiger partial charge on any atom is 0.354 e. The standard InChI is InChI=1S/C7H6IN3O2/c1-10-4(6(12)13)3-11-5(8)2-9-7(10)11/h2-3H,1H3,(H,12,13). The summed E-state index contributed by atoms with van der Waals surface area (Å²) in [5.74, 6) is -0.300. The third kappa shape index (κ3) is 1.12. The predicted molar refractivity (Wildman–Crippen MR) is 53.8 cm³/mol. The van der Waals surface area contributed by atoms with E-state index < -0.39 is 5.97 Å². The molecular weight excluding hydrogens is 285 g/mol. The molecule has 0 aliphatic carbocycles. The van der Waals surface area contributed by atoms with Gasteiger partial charge >= 0.3 is 5.97 Å². The van der Waals surface area contributed by atoms with E-state index in [1.54, 1.807) is 28.4 Å². The van der Waals surface area contributed by atoms with Crippen LogP contribution in [0.25, 0.3) is 5.78 Å². The average Bonchev–Trinajstić information content (AvgIpc) is 2.55. The second-order valence-electron chi connectivity index (χ2n) is 2.63. The zero-order valence-electron chi connectivity index (χ0n) is 6.73. The Kier molecular flexibility index (Phi) is 1.79. The molecule has 0 saturated carbocycles. The minimum atomic E-state index is -0.941. The molecule has 0 saturated heterocycles. The lowest BCUT2D eigenvalue weighted by atomic mass is 10.5. The second kappa shape index (κ2) is 2.72. The van der Waals surface area contributed by atoms with Crippen LogP contribution in [0.2, 0.25) is 0 Å². The topological polar surface area (TPSA) is 59.5 Å². The van der Waals surface area contributed by atoms with Crippen LogP contribution < -0.4 is 0 Å². The first-order valence-electron chi connectivity index (χ1n) is 3.53. The summed E-state index contributed by atoms with van der Waals surface area (Å²) in [6, 6.07) is 0. The molecule has 2 aromatic rings. The lowest BCUT2D eigenvalue weighted by Crippen LogP contribution is -2.03. The Labute approximate surface area is 87.1 Å². The third-order valence-electron chi connectivity index (χ3n) is 1.86. The molecule has 0 aliphatic rings. The smallest absolute Gasteiger partial charge is 0.354 e. The number of aryl methyl sites for hydroxylation is 1. The molecule has 0 bridgehead atoms. The number of halogens is 1. The van der Waals surface area contributed by atoms with Crippen molar-refractivity contribution in [3.63, 3.8) is 0 Å². The number of fused-ring (bicyclic) bond motifs is 1. The Balaban J connectivity index is 2.81. The van der Waals surface area contributed by atoms with E-state index in [4.69, 9.17) is 5.11 Å². The minimum Gasteiger partial charge on any atom is -0.477 e. The molecule has 0 amide bonds. The van der Waals surface area contributed by atoms with Crippen molar-refractivity contribution in [2.45, 2.75) is 0 Å². The van der Waals surface area contributed by atoms with E-state index >= 15 is 0 Å². The summed E-state index contributed by atoms with van der Waals surface area (Å²) in [6.45, 7) is 0. The predicted octanol–water partition coefficient (Wildman–Crippen LogP) is 0.976. The van der Waals surface area contributed by atoms with Crippen molar-refractivity contribution in [1.29, 1.82) is 0 Å². The molecule has 13 heavy (non-hydrogen) atoms. The minimum absolute atomic E-state index is 0.237. The first-order chi connectivity index (χ1) is 6.11. The third-order valence-corrected chi connectivity index (χ3v) is 2.66. The zero-order chi connectivity index (χ0) is 9.59. The van der Waals surface area contributed by atoms with Crippen molar-refractivity contribution >= 4 is 34.3 Å². The molecule has 0 spiro atoms. The van der Waals surface area contributed by atoms with Crippen LogP contribution >= 0.6 is 22.6 Å². The Bertz CT molecular complexity index is 485. The van der Waals surface area contributed by atoms with E-state index in [9.17, 15) is 4.79 Å². The van der Waals surface area contributed by atoms with Gasteiger partial charge in [0, 0.05) is 13.2 Å². The van der Waals surface area contributed by atoms with E-state index in [2.05, 4.69) is 27.6 Å². The molecule has 1 N–H and O–H groups in total. The molecule has 2 aromatic heterocycles. The second-order valence-corrected chi connectivity index (χ2v) is 3.73. The van der Waals surface area contributed by atoms with Gasteiger partial charge in [-0.25, -0.2) is 9.78 Å². The van der Waals surface area contributed by atoms with Gasteiger partial charge in [-0.2, -0.15) is 0 Å². The monoisotopic (exact) mass is 291 g/mol. The Morgan fingerprint density at radius 2 is 2.38 bits per heavy atom. The molecule has 0 aromatic carbocycles. The zero-order valence-corrected chi connectivity index (χ0v) is 8.89. The SMILES string of the molecule is Cn1c(C(=O)O)cn2c(I)cnc12. The molecule has 2 rings (SSSR count). The van der Waals surface area contributed by atoms with E-state index in [0.717, 1.165) is 3.70 Å². The average molecular weight is 291 g/mol. The maximum atomic E-state index is 10.7. The summed E-state index contributed by atoms with van der Waals surface area (Å²) in [5, 5.41) is 8.81. The van der Waals surface area contributed by atoms with Crippen LogP contribution in [0.1, 0.15) is 10.5 Å². The van der Waals surface area contributed by atoms with Crippen LogP contribution in [0.5, 0.6) is 0 Å². The lowest BCUT2D eigenvalue weighted by Gasteiger charge is -1.93. The van der Waals surface area contributed by atoms with Gasteiger partial charge in [0.25, 0.3) is 0 Å². The highest BCUT2D eigenvalue weighted by atomic mass is 127. The molecule has 0 unspecified atom stereocenters. The van der Waals surface area contributed by atoms with E-state index in [0.29, 0.717) is 5.78 Å². The normalized spacial score (nSPS) is 10.9. The van der Waals surface area contributed by atoms with Gasteiger partial charge in [0.05, 0.1) is 6.20 Å². The van der Waals surface area contributed by atoms with Gasteiger partial charge in [0.2, 0.25) is 5.78 Å². The summed E-state index contributed by atoms with van der Waals surface area (Å²) in [6.07, 6.45) is 3.26. The molecule has 6 heteroatoms. The first-order valence-corrected chi connectivity index (χ1v) is 4.60. The maximum absolute atomic E-state index is 10.7. The van der Waals surface area contributed by atoms with Crippen LogP contribution in [-0.2, 0) is 7.05 Å². The van der Waals surface area contributed by atoms with Gasteiger partial charge in [-0.1, -0.05) is 0 Å². The van der Waals surface area contributed by atoms with Crippen molar-refractivity contribution in [3.05, 3.63) is 21.8 Å². The van der Waals surface area contributed by atoms with Gasteiger partial charge in [-0.15, -0.1) is 0 Å². The van der Waals surface area contributed by atoms with E-state index in [1.165, 1.54) is 0 Å². The summed E-state index contributed by atoms with van der Waals surface area (Å²) in [7, 11) is 1.68. The molecule has 0 atom stereocenters. The number of carbonyl (C=O) groups is 1. The molecular formula is C7H6IN3O2. The first kappa shape index (κ1) is 8.54. The van der Waals surface area contributed by atoms with Crippen molar-refractivity contribution in [2.24, 2.45) is 7.05 Å². The highest BCUT2D eigenvalue weighted by molar-refractivity contribution is 14.1. The number of hydrogen-bond donors (Lipinski definition) is 1. The highest BCUT2D eigenvalue weighted by Gasteiger charge is 2.14. The van der Waals surface area contributed by atoms with Crippen molar-refractivity contribution in [2.75, 3.05) is 0 Å². The molecule has 0 radical (unpaired) electrons. The number of rotatable bonds is 1. The van der Waals surface area contributed by atoms with Crippen molar-refractivity contribution in [1.82, 2.24) is 14.0 Å². The van der Waals surface area contributed by atoms with Crippen LogP contribution in [-0.4, -0.2) is 25.0 Å². The number of aromatic carboxylic acids is 1. The number of imidazole rings is 2. The van der Waals surface area contributed by atoms with Crippen LogP contribution in [0.3, 0.4) is 0 Å². The fourth-order valence-corrected chi connectivity index (χ4v) is 1.71. The molecule has 0 fully saturated rings. The van der Waals surface area contributed by atoms with Crippen molar-refractivity contribution in [3.8, 4) is 0 Å². The molecule has 68 valence electrons. The Hall–Kier alpha value is -1.05. The fourth-order valence-electron chi connectivity index (χ4n) is 1.21. The molecule has 2 heterocycles. The van der Waals surface area contributed by atoms with Gasteiger partial charge in [-0.3, -0.25) is 4.40 Å². The van der Waals surface area contributed by atoms with Gasteiger partial charge in [0.15, 0.2) is 0 Å². The summed E-state index contributed by atoms with van der Waals surface area (Å²) in [4.78, 5) is 14.8. The molecule has 5 nitrogen and oxygen atoms in total. The fraction of sp³-hybridized carbons (Fsp3) is 0.143. The van der Waals surface area contributed by atoms with E-state index in [1.807, 2.05) is 0 Å². The van der Waals surface area contributed by atoms with Gasteiger partial charge in [0.1, 0.15) is 9.39 Å². The van der Waals surface area contributed by atoms with Crippen molar-refractivity contribution < 1.29 is 9.90 Å². The van der Waals surface area contributed by atoms with Gasteiger partial charge in [-0.05, 0) is 22.6 Å². The van der Waals surface area contributed by atoms with Gasteiger partial charge < -0.3 is 9.67 Å². The van der Waals surface area contributed by atoms with Crippen LogP contribution in [0, 0.1) is 3.70 Å². The summed E-state index contributed by atoms with van der Waals surface area (Å²) in [5.41, 5.74) is 0.237. The number of hydrogen-bond acceptors (Lipinski definition) is 2. The highest BCUT2D eigenvalue weighted by Crippen LogP contribution is 2.12. The Morgan fingerprint density at radius 1 is 1.69 bits per heavy atom. The summed E-state index contributed by atoms with van der Waals surface area (Å²) < 4.78 is 4.19. The quantitative estimate of drug-likeness (QED) is 0.797. The number of nitrogens with zero attached hydrogens (tertiary/aromatic N) is 3. The van der Waals surface area contributed by atoms with Crippen LogP contribution in [0.4, 0.5) is 0 Å². The molecule has 0 aliphatic heterocycles. The largest absolute Gasteiger partial charge is 0.477 e. The lowest BCUT2D eigenvalue weighted by molar-refractivity contribution is 0.0687. The number of aromatic nitrogens is 3. The van der Waals surface area contributed by atoms with Crippen LogP contribution in [0.15, 0.2) is 12.4 Å². The van der Waals surface area contributed by atoms with E-state index in [-0.39, 0.29) is 5.69 Å². The number of carboxylic acid groups (broad SMARTS) is 1. The Morgan fingerprint density at radius 3 is 2.92 bits per heavy atom.